The summed E-state index contributed by atoms with van der Waals surface area (Å²) in [6.07, 6.45) is 0. The molecule has 0 unspecified atom stereocenters. The first kappa shape index (κ1) is 14.5. The normalized spacial score (nSPS) is 17.3. The number of anilines is 1. The number of piperazine rings is 1. The molecule has 1 heterocycles. The Kier molecular flexibility index (Phi) is 4.25. The summed E-state index contributed by atoms with van der Waals surface area (Å²) in [5.74, 6) is 0. The van der Waals surface area contributed by atoms with Gasteiger partial charge >= 0.3 is 0 Å². The van der Waals surface area contributed by atoms with Crippen LogP contribution in [0.1, 0.15) is 13.8 Å². The third-order valence-electron chi connectivity index (χ3n) is 3.61. The van der Waals surface area contributed by atoms with Crippen LogP contribution >= 0.6 is 23.2 Å². The smallest absolute Gasteiger partial charge is 0.103 e. The fourth-order valence-electron chi connectivity index (χ4n) is 2.28. The van der Waals surface area contributed by atoms with Gasteiger partial charge in [0.2, 0.25) is 0 Å². The average molecular weight is 298 g/mol. The molecule has 1 aliphatic heterocycles. The topological polar surface area (TPSA) is 30.3 Å². The van der Waals surface area contributed by atoms with Gasteiger partial charge in [-0.05, 0) is 32.0 Å². The van der Waals surface area contributed by atoms with Crippen LogP contribution in [-0.2, 0) is 0 Å². The molecule has 0 aromatic heterocycles. The Morgan fingerprint density at radius 3 is 2.26 bits per heavy atom. The van der Waals surface area contributed by atoms with E-state index in [1.54, 1.807) is 0 Å². The van der Waals surface area contributed by atoms with E-state index >= 15 is 0 Å². The zero-order chi connectivity index (χ0) is 14.0. The van der Waals surface area contributed by atoms with Gasteiger partial charge in [0.1, 0.15) is 5.54 Å². The lowest BCUT2D eigenvalue weighted by atomic mass is 10.0. The average Bonchev–Trinajstić information content (AvgIpc) is 2.42. The van der Waals surface area contributed by atoms with E-state index in [2.05, 4.69) is 15.9 Å². The summed E-state index contributed by atoms with van der Waals surface area (Å²) in [4.78, 5) is 4.48. The number of hydrogen-bond acceptors (Lipinski definition) is 3. The summed E-state index contributed by atoms with van der Waals surface area (Å²) in [7, 11) is 0. The maximum Gasteiger partial charge on any atom is 0.103 e. The van der Waals surface area contributed by atoms with Crippen LogP contribution in [0.2, 0.25) is 10.0 Å². The molecule has 0 amide bonds. The summed E-state index contributed by atoms with van der Waals surface area (Å²) in [5.41, 5.74) is 0.688. The predicted octanol–water partition coefficient (Wildman–Crippen LogP) is 3.42. The zero-order valence-corrected chi connectivity index (χ0v) is 12.7. The summed E-state index contributed by atoms with van der Waals surface area (Å²) < 4.78 is 0. The molecule has 5 heteroatoms. The minimum absolute atomic E-state index is 0.399. The van der Waals surface area contributed by atoms with Crippen molar-refractivity contribution in [2.24, 2.45) is 0 Å². The maximum atomic E-state index is 9.16. The number of nitriles is 1. The van der Waals surface area contributed by atoms with Gasteiger partial charge in [-0.15, -0.1) is 0 Å². The second kappa shape index (κ2) is 5.58. The third kappa shape index (κ3) is 3.14. The van der Waals surface area contributed by atoms with E-state index in [1.807, 2.05) is 32.0 Å². The molecule has 19 heavy (non-hydrogen) atoms. The molecule has 102 valence electrons. The Hall–Kier alpha value is -0.950. The fraction of sp³-hybridized carbons (Fsp3) is 0.500. The molecule has 0 aliphatic carbocycles. The van der Waals surface area contributed by atoms with Crippen LogP contribution < -0.4 is 4.90 Å². The van der Waals surface area contributed by atoms with Crippen molar-refractivity contribution in [2.75, 3.05) is 31.1 Å². The maximum absolute atomic E-state index is 9.16. The van der Waals surface area contributed by atoms with E-state index in [4.69, 9.17) is 28.5 Å². The fourth-order valence-corrected chi connectivity index (χ4v) is 2.57. The second-order valence-electron chi connectivity index (χ2n) is 5.24. The number of halogens is 2. The largest absolute Gasteiger partial charge is 0.369 e. The molecule has 2 rings (SSSR count). The van der Waals surface area contributed by atoms with Gasteiger partial charge in [-0.3, -0.25) is 4.90 Å². The van der Waals surface area contributed by atoms with Crippen molar-refractivity contribution in [1.82, 2.24) is 4.90 Å². The van der Waals surface area contributed by atoms with Crippen LogP contribution in [0.15, 0.2) is 18.2 Å². The molecule has 0 saturated carbocycles. The number of rotatable bonds is 2. The van der Waals surface area contributed by atoms with E-state index in [1.165, 1.54) is 0 Å². The van der Waals surface area contributed by atoms with Crippen molar-refractivity contribution in [2.45, 2.75) is 19.4 Å². The quantitative estimate of drug-likeness (QED) is 0.838. The van der Waals surface area contributed by atoms with Crippen molar-refractivity contribution in [1.29, 1.82) is 5.26 Å². The van der Waals surface area contributed by atoms with E-state index in [-0.39, 0.29) is 0 Å². The van der Waals surface area contributed by atoms with Crippen molar-refractivity contribution in [3.8, 4) is 6.07 Å². The summed E-state index contributed by atoms with van der Waals surface area (Å²) in [6.45, 7) is 7.46. The molecular weight excluding hydrogens is 281 g/mol. The second-order valence-corrected chi connectivity index (χ2v) is 6.06. The first-order valence-electron chi connectivity index (χ1n) is 6.30. The first-order chi connectivity index (χ1) is 8.94. The van der Waals surface area contributed by atoms with E-state index < -0.39 is 5.54 Å². The van der Waals surface area contributed by atoms with E-state index in [0.717, 1.165) is 31.9 Å². The molecule has 1 aromatic carbocycles. The highest BCUT2D eigenvalue weighted by atomic mass is 35.5. The van der Waals surface area contributed by atoms with E-state index in [0.29, 0.717) is 10.0 Å². The van der Waals surface area contributed by atoms with Crippen LogP contribution in [0.25, 0.3) is 0 Å². The molecule has 1 fully saturated rings. The van der Waals surface area contributed by atoms with Crippen molar-refractivity contribution in [3.63, 3.8) is 0 Å². The van der Waals surface area contributed by atoms with Gasteiger partial charge < -0.3 is 4.90 Å². The van der Waals surface area contributed by atoms with Crippen molar-refractivity contribution >= 4 is 28.9 Å². The molecule has 1 aliphatic rings. The van der Waals surface area contributed by atoms with Gasteiger partial charge in [0.05, 0.1) is 16.1 Å². The molecule has 0 atom stereocenters. The van der Waals surface area contributed by atoms with Crippen LogP contribution in [0.5, 0.6) is 0 Å². The minimum atomic E-state index is -0.399. The van der Waals surface area contributed by atoms with Gasteiger partial charge in [0.25, 0.3) is 0 Å². The Balaban J connectivity index is 2.04. The Morgan fingerprint density at radius 1 is 1.11 bits per heavy atom. The van der Waals surface area contributed by atoms with Crippen LogP contribution in [0.4, 0.5) is 5.69 Å². The number of hydrogen-bond donors (Lipinski definition) is 0. The monoisotopic (exact) mass is 297 g/mol. The Labute approximate surface area is 124 Å². The molecule has 3 nitrogen and oxygen atoms in total. The predicted molar refractivity (Wildman–Crippen MR) is 79.9 cm³/mol. The standard InChI is InChI=1S/C14H17Cl2N3/c1-14(2,10-17)19-7-5-18(6-8-19)11-3-4-12(15)13(16)9-11/h3-4,9H,5-8H2,1-2H3. The van der Waals surface area contributed by atoms with Crippen LogP contribution in [-0.4, -0.2) is 36.6 Å². The molecule has 0 spiro atoms. The lowest BCUT2D eigenvalue weighted by molar-refractivity contribution is 0.158. The van der Waals surface area contributed by atoms with Crippen molar-refractivity contribution in [3.05, 3.63) is 28.2 Å². The number of benzene rings is 1. The SMILES string of the molecule is CC(C)(C#N)N1CCN(c2ccc(Cl)c(Cl)c2)CC1. The summed E-state index contributed by atoms with van der Waals surface area (Å²) in [6, 6.07) is 8.06. The highest BCUT2D eigenvalue weighted by molar-refractivity contribution is 6.42. The Morgan fingerprint density at radius 2 is 1.74 bits per heavy atom. The van der Waals surface area contributed by atoms with Crippen LogP contribution in [0, 0.1) is 11.3 Å². The first-order valence-corrected chi connectivity index (χ1v) is 7.06. The molecular formula is C14H17Cl2N3. The van der Waals surface area contributed by atoms with Gasteiger partial charge in [-0.1, -0.05) is 23.2 Å². The summed E-state index contributed by atoms with van der Waals surface area (Å²) >= 11 is 12.0. The summed E-state index contributed by atoms with van der Waals surface area (Å²) in [5, 5.41) is 10.3. The lowest BCUT2D eigenvalue weighted by Gasteiger charge is -2.41. The molecule has 1 aromatic rings. The highest BCUT2D eigenvalue weighted by Crippen LogP contribution is 2.28. The molecule has 0 N–H and O–H groups in total. The Bertz CT molecular complexity index is 500. The minimum Gasteiger partial charge on any atom is -0.369 e. The molecule has 1 saturated heterocycles. The zero-order valence-electron chi connectivity index (χ0n) is 11.2. The van der Waals surface area contributed by atoms with Gasteiger partial charge in [0, 0.05) is 31.9 Å². The third-order valence-corrected chi connectivity index (χ3v) is 4.35. The highest BCUT2D eigenvalue weighted by Gasteiger charge is 2.29. The van der Waals surface area contributed by atoms with Crippen molar-refractivity contribution < 1.29 is 0 Å². The lowest BCUT2D eigenvalue weighted by Crippen LogP contribution is -2.54. The molecule has 0 bridgehead atoms. The molecule has 0 radical (unpaired) electrons. The van der Waals surface area contributed by atoms with Gasteiger partial charge in [-0.25, -0.2) is 0 Å². The van der Waals surface area contributed by atoms with Gasteiger partial charge in [0.15, 0.2) is 0 Å². The van der Waals surface area contributed by atoms with Crippen LogP contribution in [0.3, 0.4) is 0 Å². The van der Waals surface area contributed by atoms with E-state index in [9.17, 15) is 0 Å². The van der Waals surface area contributed by atoms with Gasteiger partial charge in [-0.2, -0.15) is 5.26 Å². The number of nitrogens with zero attached hydrogens (tertiary/aromatic N) is 3.